The van der Waals surface area contributed by atoms with E-state index in [-0.39, 0.29) is 48.9 Å². The second kappa shape index (κ2) is 18.2. The quantitative estimate of drug-likeness (QED) is 0.0817. The maximum Gasteiger partial charge on any atom is 0.162 e. The second-order valence-electron chi connectivity index (χ2n) is 14.2. The summed E-state index contributed by atoms with van der Waals surface area (Å²) in [5.74, 6) is 1.18. The molecular formula is C43H53IrN2O2S-. The van der Waals surface area contributed by atoms with Gasteiger partial charge >= 0.3 is 0 Å². The molecule has 0 saturated heterocycles. The van der Waals surface area contributed by atoms with Crippen LogP contribution in [0.15, 0.2) is 78.8 Å². The van der Waals surface area contributed by atoms with E-state index in [9.17, 15) is 9.90 Å². The third kappa shape index (κ3) is 10.2. The summed E-state index contributed by atoms with van der Waals surface area (Å²) < 4.78 is 0. The molecule has 263 valence electrons. The number of aromatic nitrogens is 2. The Morgan fingerprint density at radius 2 is 1.53 bits per heavy atom. The van der Waals surface area contributed by atoms with Gasteiger partial charge in [-0.05, 0) is 72.8 Å². The summed E-state index contributed by atoms with van der Waals surface area (Å²) in [5.41, 5.74) is 5.72. The van der Waals surface area contributed by atoms with E-state index in [1.165, 1.54) is 38.4 Å². The molecule has 6 heteroatoms. The van der Waals surface area contributed by atoms with Crippen LogP contribution in [0.1, 0.15) is 98.4 Å². The fourth-order valence-corrected chi connectivity index (χ4v) is 7.49. The van der Waals surface area contributed by atoms with Gasteiger partial charge in [0.05, 0.1) is 5.76 Å². The number of hydrogen-bond acceptors (Lipinski definition) is 5. The maximum absolute atomic E-state index is 11.7. The third-order valence-corrected chi connectivity index (χ3v) is 10.2. The number of fused-ring (bicyclic) bond motifs is 2. The molecule has 1 N–H and O–H groups in total. The number of carbonyl (C=O) groups is 1. The van der Waals surface area contributed by atoms with Crippen molar-refractivity contribution < 1.29 is 30.0 Å². The van der Waals surface area contributed by atoms with E-state index in [0.717, 1.165) is 53.6 Å². The summed E-state index contributed by atoms with van der Waals surface area (Å²) in [6.45, 7) is 19.4. The Hall–Kier alpha value is -3.18. The van der Waals surface area contributed by atoms with Crippen LogP contribution in [0.4, 0.5) is 0 Å². The average Bonchev–Trinajstić information content (AvgIpc) is 3.47. The van der Waals surface area contributed by atoms with E-state index in [1.807, 2.05) is 51.4 Å². The van der Waals surface area contributed by atoms with Crippen LogP contribution in [0.3, 0.4) is 0 Å². The van der Waals surface area contributed by atoms with Gasteiger partial charge in [0.2, 0.25) is 0 Å². The molecule has 0 saturated carbocycles. The van der Waals surface area contributed by atoms with Crippen LogP contribution < -0.4 is 0 Å². The number of nitrogens with zero attached hydrogens (tertiary/aromatic N) is 2. The zero-order valence-electron chi connectivity index (χ0n) is 30.7. The fourth-order valence-electron chi connectivity index (χ4n) is 6.26. The number of rotatable bonds is 11. The van der Waals surface area contributed by atoms with Crippen LogP contribution in [0.5, 0.6) is 0 Å². The van der Waals surface area contributed by atoms with Crippen LogP contribution >= 0.6 is 11.3 Å². The van der Waals surface area contributed by atoms with Crippen molar-refractivity contribution >= 4 is 38.1 Å². The van der Waals surface area contributed by atoms with E-state index in [4.69, 9.17) is 4.98 Å². The standard InChI is InChI=1S/C30H29N2S.C13H24O2.Ir/c1-19(2)14-23-18-26-24(11-13-32-29(26)33-23)21-10-12-31-28(17-21)22-15-20-8-6-7-9-25(20)27(16-22)30(3,4)5;1-5-10(6-2)12(14)9-13(15)11(7-3)8-4;/h6-13,16-19H,14H2,1-5H3;9-11,14H,5-8H2,1-4H3;/q-1;;/b;12-9-;. The predicted octanol–water partition coefficient (Wildman–Crippen LogP) is 12.3. The minimum Gasteiger partial charge on any atom is -0.512 e. The number of thiophene rings is 1. The molecule has 49 heavy (non-hydrogen) atoms. The topological polar surface area (TPSA) is 63.1 Å². The first-order chi connectivity index (χ1) is 22.9. The number of hydrogen-bond donors (Lipinski definition) is 1. The van der Waals surface area contributed by atoms with Gasteiger partial charge in [-0.15, -0.1) is 40.5 Å². The summed E-state index contributed by atoms with van der Waals surface area (Å²) in [6.07, 6.45) is 9.83. The minimum atomic E-state index is 0. The van der Waals surface area contributed by atoms with Gasteiger partial charge in [-0.1, -0.05) is 97.5 Å². The molecule has 0 unspecified atom stereocenters. The third-order valence-electron chi connectivity index (χ3n) is 9.11. The Labute approximate surface area is 311 Å². The Morgan fingerprint density at radius 3 is 2.16 bits per heavy atom. The summed E-state index contributed by atoms with van der Waals surface area (Å²) in [7, 11) is 0. The Balaban J connectivity index is 0.000000347. The monoisotopic (exact) mass is 854 g/mol. The van der Waals surface area contributed by atoms with Gasteiger partial charge in [0.15, 0.2) is 5.78 Å². The zero-order valence-corrected chi connectivity index (χ0v) is 33.9. The number of benzene rings is 2. The van der Waals surface area contributed by atoms with Crippen LogP contribution in [-0.2, 0) is 36.7 Å². The second-order valence-corrected chi connectivity index (χ2v) is 15.3. The molecule has 3 aromatic heterocycles. The van der Waals surface area contributed by atoms with Crippen LogP contribution in [0.2, 0.25) is 0 Å². The minimum absolute atomic E-state index is 0. The summed E-state index contributed by atoms with van der Waals surface area (Å²) in [6, 6.07) is 23.2. The van der Waals surface area contributed by atoms with Crippen molar-refractivity contribution in [2.75, 3.05) is 0 Å². The first-order valence-electron chi connectivity index (χ1n) is 17.6. The summed E-state index contributed by atoms with van der Waals surface area (Å²) in [5, 5.41) is 13.4. The Morgan fingerprint density at radius 1 is 0.878 bits per heavy atom. The van der Waals surface area contributed by atoms with Gasteiger partial charge in [0.25, 0.3) is 0 Å². The van der Waals surface area contributed by atoms with Crippen molar-refractivity contribution in [2.45, 2.75) is 99.8 Å². The number of aliphatic hydroxyl groups is 1. The number of pyridine rings is 2. The largest absolute Gasteiger partial charge is 0.512 e. The first kappa shape index (κ1) is 40.3. The number of carbonyl (C=O) groups excluding carboxylic acids is 1. The molecule has 0 bridgehead atoms. The average molecular weight is 854 g/mol. The molecule has 4 nitrogen and oxygen atoms in total. The van der Waals surface area contributed by atoms with Gasteiger partial charge in [0, 0.05) is 66.4 Å². The summed E-state index contributed by atoms with van der Waals surface area (Å²) in [4.78, 5) is 23.6. The molecular weight excluding hydrogens is 801 g/mol. The number of allylic oxidation sites excluding steroid dienone is 2. The van der Waals surface area contributed by atoms with Crippen LogP contribution in [0, 0.1) is 23.8 Å². The molecule has 0 spiro atoms. The molecule has 0 atom stereocenters. The van der Waals surface area contributed by atoms with Crippen molar-refractivity contribution in [3.63, 3.8) is 0 Å². The van der Waals surface area contributed by atoms with Crippen LogP contribution in [-0.4, -0.2) is 20.9 Å². The normalized spacial score (nSPS) is 12.0. The predicted molar refractivity (Wildman–Crippen MR) is 206 cm³/mol. The molecule has 0 aliphatic heterocycles. The van der Waals surface area contributed by atoms with Crippen molar-refractivity contribution in [1.82, 2.24) is 9.97 Å². The molecule has 5 rings (SSSR count). The van der Waals surface area contributed by atoms with Gasteiger partial charge in [-0.3, -0.25) is 9.78 Å². The van der Waals surface area contributed by atoms with Crippen molar-refractivity contribution in [3.8, 4) is 22.4 Å². The van der Waals surface area contributed by atoms with E-state index in [1.54, 1.807) is 0 Å². The van der Waals surface area contributed by atoms with Gasteiger partial charge < -0.3 is 5.11 Å². The molecule has 5 aromatic rings. The maximum atomic E-state index is 11.7. The van der Waals surface area contributed by atoms with Gasteiger partial charge in [0.1, 0.15) is 4.83 Å². The molecule has 2 aromatic carbocycles. The first-order valence-corrected chi connectivity index (χ1v) is 18.5. The number of ketones is 1. The summed E-state index contributed by atoms with van der Waals surface area (Å²) >= 11 is 1.81. The van der Waals surface area contributed by atoms with E-state index >= 15 is 0 Å². The fraction of sp³-hybridized carbons (Fsp3) is 0.419. The van der Waals surface area contributed by atoms with Crippen molar-refractivity contribution in [2.24, 2.45) is 17.8 Å². The van der Waals surface area contributed by atoms with E-state index < -0.39 is 0 Å². The smallest absolute Gasteiger partial charge is 0.162 e. The van der Waals surface area contributed by atoms with Crippen molar-refractivity contribution in [3.05, 3.63) is 95.3 Å². The SMILES string of the molecule is CC(C)Cc1cc2c(-c3ccnc(-c4[c-]c5ccccc5c(C(C)(C)C)c4)c3)ccnc2s1.CCC(CC)C(=O)/C=C(\O)C(CC)CC.[Ir]. The molecule has 3 heterocycles. The van der Waals surface area contributed by atoms with Gasteiger partial charge in [-0.25, -0.2) is 4.98 Å². The number of aliphatic hydroxyl groups excluding tert-OH is 1. The Kier molecular flexibility index (Phi) is 14.9. The van der Waals surface area contributed by atoms with E-state index in [0.29, 0.717) is 5.92 Å². The molecule has 0 aliphatic carbocycles. The van der Waals surface area contributed by atoms with Crippen LogP contribution in [0.25, 0.3) is 43.4 Å². The van der Waals surface area contributed by atoms with Crippen molar-refractivity contribution in [1.29, 1.82) is 0 Å². The molecule has 1 radical (unpaired) electrons. The molecule has 0 aliphatic rings. The Bertz CT molecular complexity index is 1860. The zero-order chi connectivity index (χ0) is 35.0. The van der Waals surface area contributed by atoms with Gasteiger partial charge in [-0.2, -0.15) is 0 Å². The molecule has 0 fully saturated rings. The molecule has 0 amide bonds. The van der Waals surface area contributed by atoms with E-state index in [2.05, 4.69) is 100 Å².